The van der Waals surface area contributed by atoms with Crippen LogP contribution in [0.15, 0.2) is 29.0 Å². The summed E-state index contributed by atoms with van der Waals surface area (Å²) in [4.78, 5) is 15.8. The first-order valence-corrected chi connectivity index (χ1v) is 9.24. The summed E-state index contributed by atoms with van der Waals surface area (Å²) in [5, 5.41) is 12.0. The second-order valence-corrected chi connectivity index (χ2v) is 7.12. The fourth-order valence-corrected chi connectivity index (χ4v) is 3.27. The molecule has 0 radical (unpaired) electrons. The predicted molar refractivity (Wildman–Crippen MR) is 106 cm³/mol. The number of hydrogen-bond donors (Lipinski definition) is 1. The summed E-state index contributed by atoms with van der Waals surface area (Å²) in [5.74, 6) is 0.642. The number of nitro groups is 1. The van der Waals surface area contributed by atoms with Gasteiger partial charge in [-0.05, 0) is 51.7 Å². The molecule has 1 heterocycles. The number of dihydropyridines is 1. The standard InChI is InChI=1S/C20H29N3O4/c1-7-16(8-2)26-17-11-15(6)22-19(20(17,21)23(24)25)27-18-13(4)9-12(3)10-14(18)5/h9-11,16,19H,7-8,21H2,1-6H3. The molecule has 7 heteroatoms. The predicted octanol–water partition coefficient (Wildman–Crippen LogP) is 3.81. The van der Waals surface area contributed by atoms with Gasteiger partial charge in [0.2, 0.25) is 0 Å². The third-order valence-electron chi connectivity index (χ3n) is 4.77. The van der Waals surface area contributed by atoms with Crippen LogP contribution in [-0.4, -0.2) is 28.6 Å². The number of nitrogens with zero attached hydrogens (tertiary/aromatic N) is 2. The van der Waals surface area contributed by atoms with Gasteiger partial charge in [0.05, 0.1) is 11.0 Å². The summed E-state index contributed by atoms with van der Waals surface area (Å²) in [6.45, 7) is 11.5. The van der Waals surface area contributed by atoms with Gasteiger partial charge >= 0.3 is 5.66 Å². The average molecular weight is 375 g/mol. The summed E-state index contributed by atoms with van der Waals surface area (Å²) in [6, 6.07) is 3.92. The van der Waals surface area contributed by atoms with Gasteiger partial charge in [0, 0.05) is 11.8 Å². The molecule has 2 rings (SSSR count). The highest BCUT2D eigenvalue weighted by Crippen LogP contribution is 2.33. The number of rotatable bonds is 7. The lowest BCUT2D eigenvalue weighted by Crippen LogP contribution is -2.62. The molecular formula is C20H29N3O4. The SMILES string of the molecule is CCC(CC)OC1=CC(C)=NC(Oc2c(C)cc(C)cc2C)C1(N)[N+](=O)[O-]. The molecule has 0 bridgehead atoms. The molecule has 2 atom stereocenters. The van der Waals surface area contributed by atoms with Crippen LogP contribution in [0.1, 0.15) is 50.3 Å². The van der Waals surface area contributed by atoms with Crippen LogP contribution in [0, 0.1) is 30.9 Å². The van der Waals surface area contributed by atoms with Gasteiger partial charge in [-0.2, -0.15) is 0 Å². The van der Waals surface area contributed by atoms with Crippen LogP contribution in [0.25, 0.3) is 0 Å². The number of nitrogens with two attached hydrogens (primary N) is 1. The van der Waals surface area contributed by atoms with Crippen LogP contribution in [0.3, 0.4) is 0 Å². The fraction of sp³-hybridized carbons (Fsp3) is 0.550. The van der Waals surface area contributed by atoms with Crippen LogP contribution in [0.4, 0.5) is 0 Å². The van der Waals surface area contributed by atoms with Crippen LogP contribution in [0.2, 0.25) is 0 Å². The molecule has 0 saturated heterocycles. The third-order valence-corrected chi connectivity index (χ3v) is 4.77. The van der Waals surface area contributed by atoms with Crippen molar-refractivity contribution >= 4 is 5.71 Å². The molecule has 1 aromatic rings. The summed E-state index contributed by atoms with van der Waals surface area (Å²) in [6.07, 6.45) is 1.60. The molecule has 2 unspecified atom stereocenters. The normalized spacial score (nSPS) is 22.3. The zero-order valence-corrected chi connectivity index (χ0v) is 16.9. The molecule has 1 aliphatic rings. The van der Waals surface area contributed by atoms with Crippen molar-refractivity contribution in [3.63, 3.8) is 0 Å². The molecule has 0 saturated carbocycles. The molecule has 148 valence electrons. The number of benzene rings is 1. The van der Waals surface area contributed by atoms with E-state index in [0.717, 1.165) is 29.5 Å². The minimum atomic E-state index is -2.09. The lowest BCUT2D eigenvalue weighted by molar-refractivity contribution is -0.574. The topological polar surface area (TPSA) is 100.0 Å². The van der Waals surface area contributed by atoms with E-state index in [2.05, 4.69) is 4.99 Å². The molecule has 0 aliphatic carbocycles. The van der Waals surface area contributed by atoms with Crippen molar-refractivity contribution in [3.8, 4) is 5.75 Å². The Hall–Kier alpha value is -2.41. The second-order valence-electron chi connectivity index (χ2n) is 7.12. The molecule has 0 spiro atoms. The van der Waals surface area contributed by atoms with Gasteiger partial charge in [0.15, 0.2) is 5.76 Å². The maximum absolute atomic E-state index is 12.0. The van der Waals surface area contributed by atoms with E-state index in [1.165, 1.54) is 6.08 Å². The summed E-state index contributed by atoms with van der Waals surface area (Å²) >= 11 is 0. The van der Waals surface area contributed by atoms with Gasteiger partial charge in [-0.1, -0.05) is 31.5 Å². The number of aryl methyl sites for hydroxylation is 3. The minimum Gasteiger partial charge on any atom is -0.486 e. The Labute approximate surface area is 160 Å². The molecule has 1 aliphatic heterocycles. The van der Waals surface area contributed by atoms with Crippen LogP contribution >= 0.6 is 0 Å². The molecular weight excluding hydrogens is 346 g/mol. The molecule has 0 aromatic heterocycles. The lowest BCUT2D eigenvalue weighted by atomic mass is 10.0. The van der Waals surface area contributed by atoms with E-state index < -0.39 is 16.8 Å². The molecule has 0 amide bonds. The van der Waals surface area contributed by atoms with E-state index in [1.807, 2.05) is 46.8 Å². The largest absolute Gasteiger partial charge is 0.486 e. The summed E-state index contributed by atoms with van der Waals surface area (Å²) in [7, 11) is 0. The van der Waals surface area contributed by atoms with Gasteiger partial charge < -0.3 is 9.47 Å². The van der Waals surface area contributed by atoms with Crippen molar-refractivity contribution < 1.29 is 14.4 Å². The highest BCUT2D eigenvalue weighted by Gasteiger charge is 2.57. The van der Waals surface area contributed by atoms with Crippen molar-refractivity contribution in [2.75, 3.05) is 0 Å². The average Bonchev–Trinajstić information content (AvgIpc) is 2.58. The van der Waals surface area contributed by atoms with Crippen LogP contribution in [-0.2, 0) is 4.74 Å². The van der Waals surface area contributed by atoms with Gasteiger partial charge in [-0.15, -0.1) is 0 Å². The Morgan fingerprint density at radius 1 is 1.22 bits per heavy atom. The van der Waals surface area contributed by atoms with Crippen molar-refractivity contribution in [2.24, 2.45) is 10.7 Å². The highest BCUT2D eigenvalue weighted by atomic mass is 16.6. The Morgan fingerprint density at radius 3 is 2.26 bits per heavy atom. The first-order valence-electron chi connectivity index (χ1n) is 9.24. The van der Waals surface area contributed by atoms with Crippen molar-refractivity contribution in [1.82, 2.24) is 0 Å². The number of ether oxygens (including phenoxy) is 2. The number of aliphatic imine (C=N–C) groups is 1. The Balaban J connectivity index is 2.47. The van der Waals surface area contributed by atoms with Gasteiger partial charge in [0.1, 0.15) is 5.75 Å². The van der Waals surface area contributed by atoms with E-state index in [9.17, 15) is 10.1 Å². The molecule has 0 fully saturated rings. The lowest BCUT2D eigenvalue weighted by Gasteiger charge is -2.33. The van der Waals surface area contributed by atoms with Gasteiger partial charge in [-0.3, -0.25) is 15.8 Å². The van der Waals surface area contributed by atoms with Crippen molar-refractivity contribution in [3.05, 3.63) is 50.8 Å². The Morgan fingerprint density at radius 2 is 1.78 bits per heavy atom. The van der Waals surface area contributed by atoms with E-state index >= 15 is 0 Å². The first kappa shape index (κ1) is 20.9. The molecule has 7 nitrogen and oxygen atoms in total. The van der Waals surface area contributed by atoms with E-state index in [-0.39, 0.29) is 11.9 Å². The number of allylic oxidation sites excluding steroid dienone is 1. The molecule has 27 heavy (non-hydrogen) atoms. The van der Waals surface area contributed by atoms with E-state index in [1.54, 1.807) is 6.92 Å². The van der Waals surface area contributed by atoms with Crippen molar-refractivity contribution in [1.29, 1.82) is 0 Å². The van der Waals surface area contributed by atoms with Crippen LogP contribution < -0.4 is 10.5 Å². The summed E-state index contributed by atoms with van der Waals surface area (Å²) in [5.41, 5.74) is 7.59. The Bertz CT molecular complexity index is 760. The highest BCUT2D eigenvalue weighted by molar-refractivity contribution is 5.94. The first-order chi connectivity index (χ1) is 12.6. The maximum Gasteiger partial charge on any atom is 0.386 e. The van der Waals surface area contributed by atoms with E-state index in [4.69, 9.17) is 15.2 Å². The monoisotopic (exact) mass is 375 g/mol. The maximum atomic E-state index is 12.0. The minimum absolute atomic E-state index is 0.0844. The number of hydrogen-bond acceptors (Lipinski definition) is 6. The van der Waals surface area contributed by atoms with E-state index in [0.29, 0.717) is 11.5 Å². The van der Waals surface area contributed by atoms with Gasteiger partial charge in [0.25, 0.3) is 6.23 Å². The quantitative estimate of drug-likeness (QED) is 0.444. The Kier molecular flexibility index (Phi) is 6.26. The smallest absolute Gasteiger partial charge is 0.386 e. The third kappa shape index (κ3) is 4.13. The van der Waals surface area contributed by atoms with Crippen LogP contribution in [0.5, 0.6) is 5.75 Å². The van der Waals surface area contributed by atoms with Gasteiger partial charge in [-0.25, -0.2) is 4.99 Å². The fourth-order valence-electron chi connectivity index (χ4n) is 3.27. The zero-order valence-electron chi connectivity index (χ0n) is 16.9. The molecule has 2 N–H and O–H groups in total. The van der Waals surface area contributed by atoms with Crippen molar-refractivity contribution in [2.45, 2.75) is 72.4 Å². The zero-order chi connectivity index (χ0) is 20.4. The summed E-state index contributed by atoms with van der Waals surface area (Å²) < 4.78 is 11.9. The second kappa shape index (κ2) is 8.08. The molecule has 1 aromatic carbocycles.